The molecule has 0 saturated carbocycles. The van der Waals surface area contributed by atoms with E-state index in [1.54, 1.807) is 6.07 Å². The van der Waals surface area contributed by atoms with Crippen molar-refractivity contribution in [3.05, 3.63) is 23.9 Å². The normalized spacial score (nSPS) is 9.00. The van der Waals surface area contributed by atoms with E-state index in [9.17, 15) is 9.59 Å². The molecule has 0 unspecified atom stereocenters. The van der Waals surface area contributed by atoms with Crippen molar-refractivity contribution < 1.29 is 14.7 Å². The van der Waals surface area contributed by atoms with Crippen molar-refractivity contribution in [2.24, 2.45) is 0 Å². The zero-order chi connectivity index (χ0) is 8.97. The molecule has 0 aliphatic carbocycles. The van der Waals surface area contributed by atoms with E-state index in [0.717, 1.165) is 0 Å². The standard InChI is InChI=1S/C7H6N2O3/c10-4-5-2-1-3-6(8-5)9-7(11)12/h1-4H,(H,8,9)(H,11,12). The molecule has 62 valence electrons. The molecule has 1 amide bonds. The first kappa shape index (κ1) is 8.19. The summed E-state index contributed by atoms with van der Waals surface area (Å²) in [5.74, 6) is 0.145. The van der Waals surface area contributed by atoms with Gasteiger partial charge in [0.1, 0.15) is 11.5 Å². The Morgan fingerprint density at radius 1 is 1.58 bits per heavy atom. The van der Waals surface area contributed by atoms with Crippen molar-refractivity contribution in [1.82, 2.24) is 4.98 Å². The second-order valence-electron chi connectivity index (χ2n) is 2.00. The number of aromatic nitrogens is 1. The Hall–Kier alpha value is -1.91. The van der Waals surface area contributed by atoms with Crippen LogP contribution in [0.25, 0.3) is 0 Å². The second kappa shape index (κ2) is 3.47. The third-order valence-corrected chi connectivity index (χ3v) is 1.13. The first-order valence-corrected chi connectivity index (χ1v) is 3.14. The first-order chi connectivity index (χ1) is 5.72. The fourth-order valence-electron chi connectivity index (χ4n) is 0.696. The van der Waals surface area contributed by atoms with Gasteiger partial charge in [-0.15, -0.1) is 0 Å². The number of anilines is 1. The van der Waals surface area contributed by atoms with Crippen LogP contribution >= 0.6 is 0 Å². The van der Waals surface area contributed by atoms with Gasteiger partial charge >= 0.3 is 6.09 Å². The van der Waals surface area contributed by atoms with Crippen LogP contribution in [0.1, 0.15) is 10.5 Å². The maximum atomic E-state index is 10.2. The van der Waals surface area contributed by atoms with Crippen LogP contribution in [0.3, 0.4) is 0 Å². The van der Waals surface area contributed by atoms with E-state index in [0.29, 0.717) is 6.29 Å². The van der Waals surface area contributed by atoms with E-state index < -0.39 is 6.09 Å². The van der Waals surface area contributed by atoms with Crippen molar-refractivity contribution in [2.75, 3.05) is 5.32 Å². The van der Waals surface area contributed by atoms with E-state index in [2.05, 4.69) is 4.98 Å². The van der Waals surface area contributed by atoms with Crippen LogP contribution in [0.4, 0.5) is 10.6 Å². The van der Waals surface area contributed by atoms with Gasteiger partial charge in [0.2, 0.25) is 0 Å². The van der Waals surface area contributed by atoms with Crippen molar-refractivity contribution in [2.45, 2.75) is 0 Å². The van der Waals surface area contributed by atoms with Crippen molar-refractivity contribution in [3.8, 4) is 0 Å². The Labute approximate surface area is 68.0 Å². The highest BCUT2D eigenvalue weighted by molar-refractivity contribution is 5.82. The van der Waals surface area contributed by atoms with Crippen LogP contribution in [-0.2, 0) is 0 Å². The number of hydrogen-bond acceptors (Lipinski definition) is 3. The molecule has 1 rings (SSSR count). The van der Waals surface area contributed by atoms with E-state index >= 15 is 0 Å². The highest BCUT2D eigenvalue weighted by atomic mass is 16.4. The number of hydrogen-bond donors (Lipinski definition) is 2. The minimum absolute atomic E-state index is 0.145. The van der Waals surface area contributed by atoms with Crippen LogP contribution in [0.15, 0.2) is 18.2 Å². The lowest BCUT2D eigenvalue weighted by Gasteiger charge is -1.98. The molecule has 5 nitrogen and oxygen atoms in total. The van der Waals surface area contributed by atoms with Crippen molar-refractivity contribution in [3.63, 3.8) is 0 Å². The molecule has 1 aromatic heterocycles. The van der Waals surface area contributed by atoms with Crippen LogP contribution in [-0.4, -0.2) is 22.5 Å². The van der Waals surface area contributed by atoms with Gasteiger partial charge in [-0.2, -0.15) is 0 Å². The zero-order valence-corrected chi connectivity index (χ0v) is 6.02. The van der Waals surface area contributed by atoms with Gasteiger partial charge in [0, 0.05) is 0 Å². The molecule has 0 fully saturated rings. The number of carboxylic acid groups (broad SMARTS) is 1. The number of nitrogens with one attached hydrogen (secondary N) is 1. The Bertz CT molecular complexity index is 311. The fraction of sp³-hybridized carbons (Fsp3) is 0. The molecule has 12 heavy (non-hydrogen) atoms. The number of carbonyl (C=O) groups is 2. The molecule has 1 heterocycles. The molecule has 0 aromatic carbocycles. The summed E-state index contributed by atoms with van der Waals surface area (Å²) in [6, 6.07) is 4.49. The highest BCUT2D eigenvalue weighted by Crippen LogP contribution is 2.02. The number of carbonyl (C=O) groups excluding carboxylic acids is 1. The van der Waals surface area contributed by atoms with Gasteiger partial charge < -0.3 is 5.11 Å². The van der Waals surface area contributed by atoms with Crippen molar-refractivity contribution in [1.29, 1.82) is 0 Å². The summed E-state index contributed by atoms with van der Waals surface area (Å²) in [4.78, 5) is 24.0. The summed E-state index contributed by atoms with van der Waals surface area (Å²) in [7, 11) is 0. The van der Waals surface area contributed by atoms with Crippen LogP contribution in [0, 0.1) is 0 Å². The molecular weight excluding hydrogens is 160 g/mol. The SMILES string of the molecule is O=Cc1cccc(NC(=O)O)n1. The Balaban J connectivity index is 2.86. The molecule has 0 radical (unpaired) electrons. The summed E-state index contributed by atoms with van der Waals surface area (Å²) in [6.45, 7) is 0. The average Bonchev–Trinajstić information content (AvgIpc) is 2.03. The van der Waals surface area contributed by atoms with E-state index in [-0.39, 0.29) is 11.5 Å². The summed E-state index contributed by atoms with van der Waals surface area (Å²) in [5.41, 5.74) is 0.196. The fourth-order valence-corrected chi connectivity index (χ4v) is 0.696. The monoisotopic (exact) mass is 166 g/mol. The van der Waals surface area contributed by atoms with Crippen LogP contribution in [0.5, 0.6) is 0 Å². The molecule has 0 saturated heterocycles. The van der Waals surface area contributed by atoms with E-state index in [1.807, 2.05) is 5.32 Å². The zero-order valence-electron chi connectivity index (χ0n) is 6.02. The smallest absolute Gasteiger partial charge is 0.410 e. The molecule has 0 aliphatic rings. The van der Waals surface area contributed by atoms with Gasteiger partial charge in [0.15, 0.2) is 6.29 Å². The lowest BCUT2D eigenvalue weighted by Crippen LogP contribution is -2.09. The number of aldehydes is 1. The highest BCUT2D eigenvalue weighted by Gasteiger charge is 1.98. The van der Waals surface area contributed by atoms with Crippen LogP contribution in [0.2, 0.25) is 0 Å². The summed E-state index contributed by atoms with van der Waals surface area (Å²) in [5, 5.41) is 10.3. The molecule has 1 aromatic rings. The number of nitrogens with zero attached hydrogens (tertiary/aromatic N) is 1. The van der Waals surface area contributed by atoms with Crippen molar-refractivity contribution >= 4 is 18.2 Å². The number of pyridine rings is 1. The average molecular weight is 166 g/mol. The maximum Gasteiger partial charge on any atom is 0.410 e. The molecular formula is C7H6N2O3. The molecule has 0 aliphatic heterocycles. The summed E-state index contributed by atoms with van der Waals surface area (Å²) < 4.78 is 0. The van der Waals surface area contributed by atoms with Gasteiger partial charge in [-0.3, -0.25) is 10.1 Å². The Morgan fingerprint density at radius 2 is 2.33 bits per heavy atom. The summed E-state index contributed by atoms with van der Waals surface area (Å²) in [6.07, 6.45) is -0.655. The van der Waals surface area contributed by atoms with Crippen LogP contribution < -0.4 is 5.32 Å². The van der Waals surface area contributed by atoms with Gasteiger partial charge in [0.25, 0.3) is 0 Å². The predicted molar refractivity (Wildman–Crippen MR) is 41.3 cm³/mol. The lowest BCUT2D eigenvalue weighted by atomic mass is 10.4. The molecule has 0 spiro atoms. The lowest BCUT2D eigenvalue weighted by molar-refractivity contribution is 0.111. The number of amides is 1. The first-order valence-electron chi connectivity index (χ1n) is 3.14. The van der Waals surface area contributed by atoms with E-state index in [1.165, 1.54) is 12.1 Å². The maximum absolute atomic E-state index is 10.2. The summed E-state index contributed by atoms with van der Waals surface area (Å²) >= 11 is 0. The third kappa shape index (κ3) is 2.05. The largest absolute Gasteiger partial charge is 0.465 e. The molecule has 0 atom stereocenters. The molecule has 5 heteroatoms. The van der Waals surface area contributed by atoms with Gasteiger partial charge in [-0.1, -0.05) is 6.07 Å². The third-order valence-electron chi connectivity index (χ3n) is 1.13. The van der Waals surface area contributed by atoms with Gasteiger partial charge in [0.05, 0.1) is 0 Å². The van der Waals surface area contributed by atoms with Gasteiger partial charge in [-0.25, -0.2) is 9.78 Å². The van der Waals surface area contributed by atoms with E-state index in [4.69, 9.17) is 5.11 Å². The Kier molecular flexibility index (Phi) is 2.37. The Morgan fingerprint density at radius 3 is 2.92 bits per heavy atom. The number of rotatable bonds is 2. The minimum atomic E-state index is -1.20. The minimum Gasteiger partial charge on any atom is -0.465 e. The topological polar surface area (TPSA) is 79.3 Å². The second-order valence-corrected chi connectivity index (χ2v) is 2.00. The molecule has 0 bridgehead atoms. The molecule has 2 N–H and O–H groups in total. The van der Waals surface area contributed by atoms with Gasteiger partial charge in [-0.05, 0) is 12.1 Å². The predicted octanol–water partition coefficient (Wildman–Crippen LogP) is 0.984. The quantitative estimate of drug-likeness (QED) is 0.642.